The quantitative estimate of drug-likeness (QED) is 0.192. The van der Waals surface area contributed by atoms with Crippen molar-refractivity contribution in [2.45, 2.75) is 19.9 Å². The molecule has 0 atom stereocenters. The molecule has 4 aromatic rings. The second-order valence-corrected chi connectivity index (χ2v) is 9.60. The number of aryl methyl sites for hydroxylation is 1. The summed E-state index contributed by atoms with van der Waals surface area (Å²) in [6.07, 6.45) is 2.10. The lowest BCUT2D eigenvalue weighted by Crippen LogP contribution is -2.39. The molecule has 1 fully saturated rings. The van der Waals surface area contributed by atoms with Crippen LogP contribution in [0.5, 0.6) is 11.5 Å². The van der Waals surface area contributed by atoms with Gasteiger partial charge in [-0.15, -0.1) is 5.10 Å². The first-order valence-electron chi connectivity index (χ1n) is 13.3. The highest BCUT2D eigenvalue weighted by atomic mass is 19.1. The van der Waals surface area contributed by atoms with Crippen LogP contribution >= 0.6 is 0 Å². The molecule has 0 radical (unpaired) electrons. The van der Waals surface area contributed by atoms with Gasteiger partial charge in [0.25, 0.3) is 5.69 Å². The van der Waals surface area contributed by atoms with Gasteiger partial charge in [-0.25, -0.2) is 14.1 Å². The van der Waals surface area contributed by atoms with Gasteiger partial charge in [0.15, 0.2) is 0 Å². The van der Waals surface area contributed by atoms with E-state index in [1.165, 1.54) is 22.9 Å². The van der Waals surface area contributed by atoms with Crippen molar-refractivity contribution in [3.8, 4) is 34.0 Å². The summed E-state index contributed by atoms with van der Waals surface area (Å²) in [7, 11) is 0. The molecule has 0 unspecified atom stereocenters. The van der Waals surface area contributed by atoms with Gasteiger partial charge in [-0.1, -0.05) is 18.2 Å². The zero-order valence-electron chi connectivity index (χ0n) is 22.5. The van der Waals surface area contributed by atoms with E-state index in [4.69, 9.17) is 4.74 Å². The highest BCUT2D eigenvalue weighted by molar-refractivity contribution is 5.82. The molecule has 2 aromatic heterocycles. The average molecular weight is 564 g/mol. The highest BCUT2D eigenvalue weighted by Crippen LogP contribution is 2.39. The summed E-state index contributed by atoms with van der Waals surface area (Å²) in [6, 6.07) is 10.1. The van der Waals surface area contributed by atoms with Gasteiger partial charge >= 0.3 is 0 Å². The number of nitro benzene ring substituents is 1. The first-order valence-corrected chi connectivity index (χ1v) is 13.3. The number of halogens is 1. The maximum atomic E-state index is 14.8. The monoisotopic (exact) mass is 563 g/mol. The average Bonchev–Trinajstić information content (AvgIpc) is 3.38. The molecular formula is C28H30FN7O5. The Hall–Kier alpha value is -4.62. The number of rotatable bonds is 10. The van der Waals surface area contributed by atoms with Crippen LogP contribution in [-0.2, 0) is 17.7 Å². The van der Waals surface area contributed by atoms with E-state index in [0.29, 0.717) is 41.2 Å². The molecule has 13 heteroatoms. The zero-order chi connectivity index (χ0) is 28.9. The number of hydrogen-bond donors (Lipinski definition) is 3. The second kappa shape index (κ2) is 12.3. The van der Waals surface area contributed by atoms with Crippen molar-refractivity contribution in [2.24, 2.45) is 0 Å². The van der Waals surface area contributed by atoms with E-state index in [1.54, 1.807) is 24.4 Å². The molecule has 1 aliphatic heterocycles. The largest absolute Gasteiger partial charge is 0.508 e. The van der Waals surface area contributed by atoms with Crippen LogP contribution in [-0.4, -0.2) is 79.4 Å². The van der Waals surface area contributed by atoms with Crippen molar-refractivity contribution in [3.05, 3.63) is 75.7 Å². The summed E-state index contributed by atoms with van der Waals surface area (Å²) in [5.41, 5.74) is 1.52. The van der Waals surface area contributed by atoms with E-state index in [9.17, 15) is 24.7 Å². The number of hydrogen-bond acceptors (Lipinski definition) is 10. The normalized spacial score (nSPS) is 13.8. The van der Waals surface area contributed by atoms with Crippen LogP contribution in [0.4, 0.5) is 15.9 Å². The Labute approximate surface area is 235 Å². The third-order valence-corrected chi connectivity index (χ3v) is 7.04. The highest BCUT2D eigenvalue weighted by Gasteiger charge is 2.25. The number of morpholine rings is 1. The Kier molecular flexibility index (Phi) is 8.36. The number of nitro groups is 1. The predicted octanol–water partition coefficient (Wildman–Crippen LogP) is 3.82. The maximum absolute atomic E-state index is 14.8. The number of nitrogens with zero attached hydrogens (tertiary/aromatic N) is 6. The van der Waals surface area contributed by atoms with Gasteiger partial charge in [0, 0.05) is 55.6 Å². The van der Waals surface area contributed by atoms with Gasteiger partial charge < -0.3 is 20.3 Å². The third kappa shape index (κ3) is 6.10. The van der Waals surface area contributed by atoms with Gasteiger partial charge in [-0.2, -0.15) is 0 Å². The summed E-state index contributed by atoms with van der Waals surface area (Å²) in [5, 5.41) is 44.3. The second-order valence-electron chi connectivity index (χ2n) is 9.60. The van der Waals surface area contributed by atoms with Crippen LogP contribution in [0.25, 0.3) is 22.5 Å². The van der Waals surface area contributed by atoms with Crippen LogP contribution < -0.4 is 5.32 Å². The van der Waals surface area contributed by atoms with E-state index < -0.39 is 10.7 Å². The minimum absolute atomic E-state index is 0.0566. The maximum Gasteiger partial charge on any atom is 0.277 e. The summed E-state index contributed by atoms with van der Waals surface area (Å²) >= 11 is 0. The van der Waals surface area contributed by atoms with Crippen LogP contribution in [0.3, 0.4) is 0 Å². The summed E-state index contributed by atoms with van der Waals surface area (Å²) in [6.45, 7) is 6.33. The van der Waals surface area contributed by atoms with Crippen molar-refractivity contribution < 1.29 is 24.3 Å². The molecule has 12 nitrogen and oxygen atoms in total. The number of nitrogens with one attached hydrogen (secondary N) is 1. The number of ether oxygens (including phenoxy) is 1. The van der Waals surface area contributed by atoms with Crippen LogP contribution in [0.15, 0.2) is 48.7 Å². The summed E-state index contributed by atoms with van der Waals surface area (Å²) in [4.78, 5) is 17.8. The Morgan fingerprint density at radius 1 is 1.15 bits per heavy atom. The molecule has 5 rings (SSSR count). The molecule has 3 heterocycles. The molecule has 214 valence electrons. The fourth-order valence-corrected chi connectivity index (χ4v) is 4.82. The van der Waals surface area contributed by atoms with Crippen molar-refractivity contribution in [3.63, 3.8) is 0 Å². The molecule has 0 spiro atoms. The fourth-order valence-electron chi connectivity index (χ4n) is 4.82. The number of benzene rings is 2. The van der Waals surface area contributed by atoms with E-state index in [2.05, 4.69) is 25.5 Å². The van der Waals surface area contributed by atoms with Gasteiger partial charge in [0.1, 0.15) is 28.8 Å². The minimum Gasteiger partial charge on any atom is -0.508 e. The fraction of sp³-hybridized carbons (Fsp3) is 0.321. The molecule has 0 aliphatic carbocycles. The van der Waals surface area contributed by atoms with Gasteiger partial charge in [0.05, 0.1) is 35.9 Å². The van der Waals surface area contributed by atoms with E-state index >= 15 is 0 Å². The van der Waals surface area contributed by atoms with E-state index in [-0.39, 0.29) is 35.0 Å². The number of phenolic OH excluding ortho intramolecular Hbond substituents is 2. The number of aromatic hydroxyl groups is 2. The van der Waals surface area contributed by atoms with Crippen molar-refractivity contribution in [1.29, 1.82) is 0 Å². The lowest BCUT2D eigenvalue weighted by molar-refractivity contribution is -0.385. The SMILES string of the molecule is CCc1cc(-c2nnn(Cc3c(F)cccc3[N+](=O)[O-])c2-c2ccc(NCCN3CCOCC3)nc2)c(O)cc1O. The summed E-state index contributed by atoms with van der Waals surface area (Å²) < 4.78 is 21.5. The third-order valence-electron chi connectivity index (χ3n) is 7.04. The summed E-state index contributed by atoms with van der Waals surface area (Å²) in [5.74, 6) is -0.382. The number of phenols is 2. The lowest BCUT2D eigenvalue weighted by Gasteiger charge is -2.26. The molecular weight excluding hydrogens is 533 g/mol. The molecule has 3 N–H and O–H groups in total. The van der Waals surface area contributed by atoms with Gasteiger partial charge in [-0.05, 0) is 36.2 Å². The van der Waals surface area contributed by atoms with Crippen LogP contribution in [0, 0.1) is 15.9 Å². The predicted molar refractivity (Wildman–Crippen MR) is 149 cm³/mol. The zero-order valence-corrected chi connectivity index (χ0v) is 22.5. The number of anilines is 1. The first kappa shape index (κ1) is 27.9. The van der Waals surface area contributed by atoms with Crippen molar-refractivity contribution in [2.75, 3.05) is 44.7 Å². The smallest absolute Gasteiger partial charge is 0.277 e. The molecule has 0 amide bonds. The molecule has 0 bridgehead atoms. The van der Waals surface area contributed by atoms with Crippen molar-refractivity contribution in [1.82, 2.24) is 24.9 Å². The standard InChI is InChI=1S/C28H30FN7O5/c1-2-18-14-20(25(38)15-24(18)37)27-28(35(33-32-27)17-21-22(29)4-3-5-23(21)36(39)40)19-6-7-26(31-16-19)30-8-9-34-10-12-41-13-11-34/h3-7,14-16,37-38H,2,8-13,17H2,1H3,(H,30,31). The molecule has 41 heavy (non-hydrogen) atoms. The Morgan fingerprint density at radius 2 is 1.95 bits per heavy atom. The Morgan fingerprint density at radius 3 is 2.66 bits per heavy atom. The molecule has 1 saturated heterocycles. The Bertz CT molecular complexity index is 1540. The van der Waals surface area contributed by atoms with Crippen molar-refractivity contribution >= 4 is 11.5 Å². The van der Waals surface area contributed by atoms with E-state index in [0.717, 1.165) is 38.9 Å². The van der Waals surface area contributed by atoms with Crippen LogP contribution in [0.1, 0.15) is 18.1 Å². The molecule has 2 aromatic carbocycles. The van der Waals surface area contributed by atoms with Gasteiger partial charge in [0.2, 0.25) is 0 Å². The minimum atomic E-state index is -0.749. The van der Waals surface area contributed by atoms with Gasteiger partial charge in [-0.3, -0.25) is 15.0 Å². The first-order chi connectivity index (χ1) is 19.9. The Balaban J connectivity index is 1.51. The topological polar surface area (TPSA) is 152 Å². The number of aromatic nitrogens is 4. The van der Waals surface area contributed by atoms with Crippen LogP contribution in [0.2, 0.25) is 0 Å². The lowest BCUT2D eigenvalue weighted by atomic mass is 10.0. The number of pyridine rings is 1. The molecule has 1 aliphatic rings. The molecule has 0 saturated carbocycles. The van der Waals surface area contributed by atoms with E-state index in [1.807, 2.05) is 6.92 Å².